The van der Waals surface area contributed by atoms with Crippen LogP contribution in [0.4, 0.5) is 0 Å². The van der Waals surface area contributed by atoms with Crippen molar-refractivity contribution in [3.05, 3.63) is 97.8 Å². The van der Waals surface area contributed by atoms with Gasteiger partial charge in [0.05, 0.1) is 24.9 Å². The smallest absolute Gasteiger partial charge is 0.330 e. The zero-order valence-electron chi connectivity index (χ0n) is 32.6. The average molecular weight is 813 g/mol. The Kier molecular flexibility index (Phi) is 12.9. The Hall–Kier alpha value is -5.31. The molecule has 0 spiro atoms. The molecule has 0 radical (unpaired) electrons. The van der Waals surface area contributed by atoms with Crippen molar-refractivity contribution in [3.8, 4) is 0 Å². The van der Waals surface area contributed by atoms with Crippen molar-refractivity contribution < 1.29 is 38.4 Å². The standard InChI is InChI=1S/C38H48N6O14/c1-18-14-42(36(52)39-33(18)49)30-11-22(9-25(48)6-8-27-28(55-21(4)46)13-32(57-27)44-16-20(3)35(51)41-38(44)54)26(56-30)7-5-24(47)10-23-12-31(58-29(23)17-45)43-15-19(2)34(50)40-37(43)53/h14-16,22-23,26-32,45H,5-13,17H2,1-4H3,(H,39,49,52)(H,40,50,53)(H,41,51,54)/t22-,23-,26+,27+,28-,29+,30+,31+,32+/m0/s1. The third kappa shape index (κ3) is 9.52. The molecule has 9 atom stereocenters. The summed E-state index contributed by atoms with van der Waals surface area (Å²) in [6, 6.07) is 0. The highest BCUT2D eigenvalue weighted by Gasteiger charge is 2.42. The molecule has 3 aliphatic rings. The number of aliphatic hydroxyl groups excluding tert-OH is 1. The first-order valence-corrected chi connectivity index (χ1v) is 19.2. The molecule has 20 heteroatoms. The average Bonchev–Trinajstić information content (AvgIpc) is 3.87. The summed E-state index contributed by atoms with van der Waals surface area (Å²) in [5.41, 5.74) is -2.80. The molecule has 0 aliphatic carbocycles. The van der Waals surface area contributed by atoms with Gasteiger partial charge in [-0.25, -0.2) is 14.4 Å². The topological polar surface area (TPSA) is 273 Å². The van der Waals surface area contributed by atoms with Crippen molar-refractivity contribution in [1.29, 1.82) is 0 Å². The van der Waals surface area contributed by atoms with E-state index in [4.69, 9.17) is 18.9 Å². The number of hydrogen-bond donors (Lipinski definition) is 4. The number of nitrogens with one attached hydrogen (secondary N) is 3. The molecule has 0 aromatic carbocycles. The zero-order chi connectivity index (χ0) is 42.0. The Morgan fingerprint density at radius 1 is 0.638 bits per heavy atom. The molecule has 20 nitrogen and oxygen atoms in total. The molecule has 6 rings (SSSR count). The molecular weight excluding hydrogens is 764 g/mol. The zero-order valence-corrected chi connectivity index (χ0v) is 32.6. The van der Waals surface area contributed by atoms with Gasteiger partial charge in [-0.3, -0.25) is 57.4 Å². The molecule has 3 fully saturated rings. The van der Waals surface area contributed by atoms with Gasteiger partial charge in [0.1, 0.15) is 36.4 Å². The molecule has 58 heavy (non-hydrogen) atoms. The van der Waals surface area contributed by atoms with Gasteiger partial charge in [-0.05, 0) is 58.3 Å². The normalized spacial score (nSPS) is 26.9. The summed E-state index contributed by atoms with van der Waals surface area (Å²) in [4.78, 5) is 119. The van der Waals surface area contributed by atoms with Gasteiger partial charge in [0.25, 0.3) is 16.7 Å². The highest BCUT2D eigenvalue weighted by atomic mass is 16.6. The number of nitrogens with zero attached hydrogens (tertiary/aromatic N) is 3. The number of carbonyl (C=O) groups is 3. The van der Waals surface area contributed by atoms with Crippen molar-refractivity contribution >= 4 is 17.5 Å². The van der Waals surface area contributed by atoms with Crippen LogP contribution in [0.3, 0.4) is 0 Å². The predicted molar refractivity (Wildman–Crippen MR) is 201 cm³/mol. The number of aliphatic hydroxyl groups is 1. The number of ether oxygens (including phenoxy) is 4. The highest BCUT2D eigenvalue weighted by Crippen LogP contribution is 2.39. The number of aryl methyl sites for hydroxylation is 3. The highest BCUT2D eigenvalue weighted by molar-refractivity contribution is 5.79. The number of carbonyl (C=O) groups excluding carboxylic acids is 3. The molecule has 4 N–H and O–H groups in total. The van der Waals surface area contributed by atoms with Gasteiger partial charge in [-0.15, -0.1) is 0 Å². The Morgan fingerprint density at radius 2 is 1.02 bits per heavy atom. The van der Waals surface area contributed by atoms with Gasteiger partial charge in [-0.2, -0.15) is 0 Å². The van der Waals surface area contributed by atoms with Crippen LogP contribution in [0.15, 0.2) is 47.4 Å². The summed E-state index contributed by atoms with van der Waals surface area (Å²) in [6.45, 7) is 5.47. The second-order valence-electron chi connectivity index (χ2n) is 15.4. The van der Waals surface area contributed by atoms with Crippen molar-refractivity contribution in [2.24, 2.45) is 11.8 Å². The van der Waals surface area contributed by atoms with Crippen LogP contribution in [0.25, 0.3) is 0 Å². The minimum absolute atomic E-state index is 0.00252. The third-order valence-electron chi connectivity index (χ3n) is 11.2. The van der Waals surface area contributed by atoms with E-state index in [1.807, 2.05) is 0 Å². The van der Waals surface area contributed by atoms with Gasteiger partial charge in [0.15, 0.2) is 0 Å². The molecule has 3 aromatic rings. The van der Waals surface area contributed by atoms with Crippen molar-refractivity contribution in [2.45, 2.75) is 129 Å². The van der Waals surface area contributed by atoms with E-state index in [0.717, 1.165) is 0 Å². The first-order valence-electron chi connectivity index (χ1n) is 19.2. The third-order valence-corrected chi connectivity index (χ3v) is 11.2. The first-order chi connectivity index (χ1) is 27.5. The number of hydrogen-bond acceptors (Lipinski definition) is 14. The summed E-state index contributed by atoms with van der Waals surface area (Å²) >= 11 is 0. The Bertz CT molecular complexity index is 2410. The molecule has 3 saturated heterocycles. The van der Waals surface area contributed by atoms with Crippen molar-refractivity contribution in [3.63, 3.8) is 0 Å². The molecule has 6 heterocycles. The lowest BCUT2D eigenvalue weighted by molar-refractivity contribution is -0.149. The quantitative estimate of drug-likeness (QED) is 0.148. The first kappa shape index (κ1) is 42.3. The molecule has 0 saturated carbocycles. The molecule has 314 valence electrons. The maximum Gasteiger partial charge on any atom is 0.330 e. The Balaban J connectivity index is 1.12. The molecule has 3 aromatic heterocycles. The summed E-state index contributed by atoms with van der Waals surface area (Å²) in [7, 11) is 0. The summed E-state index contributed by atoms with van der Waals surface area (Å²) < 4.78 is 27.5. The van der Waals surface area contributed by atoms with E-state index < -0.39 is 101 Å². The summed E-state index contributed by atoms with van der Waals surface area (Å²) in [6.07, 6.45) is -0.276. The SMILES string of the molecule is CC(=O)O[C@H]1C[C@H](n2cc(C)c(=O)[nH]c2=O)O[C@@H]1CCC(=O)C[C@H]1C[C@H](n2cc(C)c(=O)[nH]c2=O)O[C@@H]1CCC(=O)C[C@H]1C[C@H](n2cc(C)c(=O)[nH]c2=O)O[C@@H]1CO. The fraction of sp³-hybridized carbons (Fsp3) is 0.605. The van der Waals surface area contributed by atoms with Crippen molar-refractivity contribution in [1.82, 2.24) is 28.7 Å². The Labute approximate surface area is 329 Å². The number of esters is 1. The number of Topliss-reactive ketones (excluding diaryl/α,β-unsaturated/α-hetero) is 2. The fourth-order valence-corrected chi connectivity index (χ4v) is 8.10. The van der Waals surface area contributed by atoms with E-state index in [1.54, 1.807) is 13.8 Å². The lowest BCUT2D eigenvalue weighted by Crippen LogP contribution is -2.33. The van der Waals surface area contributed by atoms with Crippen LogP contribution in [0.2, 0.25) is 0 Å². The second kappa shape index (κ2) is 17.7. The van der Waals surface area contributed by atoms with Crippen LogP contribution in [-0.4, -0.2) is 82.3 Å². The van der Waals surface area contributed by atoms with Gasteiger partial charge in [0.2, 0.25) is 0 Å². The maximum atomic E-state index is 13.6. The van der Waals surface area contributed by atoms with E-state index in [1.165, 1.54) is 46.1 Å². The molecule has 0 unspecified atom stereocenters. The van der Waals surface area contributed by atoms with Gasteiger partial charge in [0, 0.05) is 74.3 Å². The van der Waals surface area contributed by atoms with E-state index in [-0.39, 0.29) is 80.5 Å². The van der Waals surface area contributed by atoms with E-state index in [0.29, 0.717) is 5.56 Å². The number of rotatable bonds is 15. The molecule has 0 bridgehead atoms. The summed E-state index contributed by atoms with van der Waals surface area (Å²) in [5, 5.41) is 10.0. The molecule has 3 aliphatic heterocycles. The summed E-state index contributed by atoms with van der Waals surface area (Å²) in [5.74, 6) is -1.80. The lowest BCUT2D eigenvalue weighted by Gasteiger charge is -2.20. The van der Waals surface area contributed by atoms with Crippen LogP contribution in [0.5, 0.6) is 0 Å². The number of aromatic nitrogens is 6. The van der Waals surface area contributed by atoms with Crippen LogP contribution >= 0.6 is 0 Å². The van der Waals surface area contributed by atoms with Gasteiger partial charge >= 0.3 is 23.0 Å². The van der Waals surface area contributed by atoms with E-state index in [2.05, 4.69) is 15.0 Å². The maximum absolute atomic E-state index is 13.6. The van der Waals surface area contributed by atoms with Crippen molar-refractivity contribution in [2.75, 3.05) is 6.61 Å². The van der Waals surface area contributed by atoms with E-state index >= 15 is 0 Å². The largest absolute Gasteiger partial charge is 0.460 e. The number of aromatic amines is 3. The fourth-order valence-electron chi connectivity index (χ4n) is 8.10. The molecular formula is C38H48N6O14. The minimum atomic E-state index is -0.859. The number of ketones is 2. The van der Waals surface area contributed by atoms with Gasteiger partial charge in [-0.1, -0.05) is 0 Å². The monoisotopic (exact) mass is 812 g/mol. The minimum Gasteiger partial charge on any atom is -0.460 e. The van der Waals surface area contributed by atoms with Crippen LogP contribution in [0, 0.1) is 32.6 Å². The second-order valence-corrected chi connectivity index (χ2v) is 15.4. The van der Waals surface area contributed by atoms with E-state index in [9.17, 15) is 48.3 Å². The van der Waals surface area contributed by atoms with Crippen LogP contribution < -0.4 is 33.7 Å². The predicted octanol–water partition coefficient (Wildman–Crippen LogP) is 0.0600. The van der Waals surface area contributed by atoms with Gasteiger partial charge < -0.3 is 24.1 Å². The number of H-pyrrole nitrogens is 3. The molecule has 0 amide bonds. The van der Waals surface area contributed by atoms with Crippen LogP contribution in [0.1, 0.15) is 100 Å². The Morgan fingerprint density at radius 3 is 1.45 bits per heavy atom. The van der Waals surface area contributed by atoms with Crippen LogP contribution in [-0.2, 0) is 33.3 Å². The lowest BCUT2D eigenvalue weighted by atomic mass is 9.88.